The SMILES string of the molecule is C=C/C(F)=C(\C(=C)F)C(C)N1CCC(n2ncc(NC)c(Cl)c2=O)CC1. The molecule has 0 radical (unpaired) electrons. The van der Waals surface area contributed by atoms with Gasteiger partial charge >= 0.3 is 0 Å². The van der Waals surface area contributed by atoms with Crippen LogP contribution in [0.5, 0.6) is 0 Å². The van der Waals surface area contributed by atoms with Gasteiger partial charge in [0.25, 0.3) is 5.56 Å². The molecule has 1 aliphatic heterocycles. The average Bonchev–Trinajstić information content (AvgIpc) is 2.63. The maximum absolute atomic E-state index is 13.9. The highest BCUT2D eigenvalue weighted by Crippen LogP contribution is 2.29. The van der Waals surface area contributed by atoms with E-state index in [2.05, 4.69) is 23.6 Å². The maximum atomic E-state index is 13.9. The third kappa shape index (κ3) is 4.04. The minimum absolute atomic E-state index is 0.0878. The molecule has 1 fully saturated rings. The molecule has 0 aliphatic carbocycles. The quantitative estimate of drug-likeness (QED) is 0.757. The van der Waals surface area contributed by atoms with Crippen LogP contribution in [0.3, 0.4) is 0 Å². The summed E-state index contributed by atoms with van der Waals surface area (Å²) < 4.78 is 29.0. The summed E-state index contributed by atoms with van der Waals surface area (Å²) in [5, 5.41) is 7.11. The lowest BCUT2D eigenvalue weighted by atomic mass is 9.99. The van der Waals surface area contributed by atoms with Gasteiger partial charge in [0.2, 0.25) is 0 Å². The molecule has 1 atom stereocenters. The molecule has 26 heavy (non-hydrogen) atoms. The molecule has 2 heterocycles. The van der Waals surface area contributed by atoms with E-state index in [-0.39, 0.29) is 22.2 Å². The summed E-state index contributed by atoms with van der Waals surface area (Å²) in [4.78, 5) is 14.3. The fourth-order valence-electron chi connectivity index (χ4n) is 3.25. The van der Waals surface area contributed by atoms with Crippen LogP contribution < -0.4 is 10.9 Å². The smallest absolute Gasteiger partial charge is 0.287 e. The van der Waals surface area contributed by atoms with Gasteiger partial charge < -0.3 is 5.32 Å². The zero-order valence-corrected chi connectivity index (χ0v) is 15.7. The third-order valence-corrected chi connectivity index (χ3v) is 5.12. The number of hydrogen-bond acceptors (Lipinski definition) is 4. The van der Waals surface area contributed by atoms with Crippen LogP contribution in [-0.4, -0.2) is 40.9 Å². The summed E-state index contributed by atoms with van der Waals surface area (Å²) in [6, 6.07) is -0.592. The van der Waals surface area contributed by atoms with E-state index in [0.717, 1.165) is 6.08 Å². The van der Waals surface area contributed by atoms with Crippen molar-refractivity contribution in [2.75, 3.05) is 25.5 Å². The second-order valence-corrected chi connectivity index (χ2v) is 6.56. The van der Waals surface area contributed by atoms with Gasteiger partial charge in [-0.1, -0.05) is 24.8 Å². The molecule has 5 nitrogen and oxygen atoms in total. The van der Waals surface area contributed by atoms with Crippen molar-refractivity contribution in [1.29, 1.82) is 0 Å². The largest absolute Gasteiger partial charge is 0.385 e. The van der Waals surface area contributed by atoms with E-state index in [9.17, 15) is 13.6 Å². The van der Waals surface area contributed by atoms with Crippen LogP contribution in [0.25, 0.3) is 0 Å². The van der Waals surface area contributed by atoms with Crippen LogP contribution in [0.15, 0.2) is 47.5 Å². The highest BCUT2D eigenvalue weighted by atomic mass is 35.5. The molecule has 1 saturated heterocycles. The Morgan fingerprint density at radius 2 is 2.08 bits per heavy atom. The molecule has 142 valence electrons. The lowest BCUT2D eigenvalue weighted by Crippen LogP contribution is -2.43. The first-order chi connectivity index (χ1) is 12.3. The van der Waals surface area contributed by atoms with Crippen molar-refractivity contribution in [3.05, 3.63) is 58.0 Å². The number of likely N-dealkylation sites (tertiary alicyclic amines) is 1. The second kappa shape index (κ2) is 8.60. The van der Waals surface area contributed by atoms with Gasteiger partial charge in [0.1, 0.15) is 16.7 Å². The Labute approximate surface area is 156 Å². The van der Waals surface area contributed by atoms with Crippen molar-refractivity contribution in [2.45, 2.75) is 31.8 Å². The summed E-state index contributed by atoms with van der Waals surface area (Å²) >= 11 is 6.07. The van der Waals surface area contributed by atoms with E-state index in [1.54, 1.807) is 14.0 Å². The second-order valence-electron chi connectivity index (χ2n) is 6.19. The fraction of sp³-hybridized carbons (Fsp3) is 0.444. The van der Waals surface area contributed by atoms with Crippen molar-refractivity contribution in [3.63, 3.8) is 0 Å². The Hall–Kier alpha value is -1.99. The van der Waals surface area contributed by atoms with Gasteiger partial charge in [-0.25, -0.2) is 13.5 Å². The molecule has 0 spiro atoms. The van der Waals surface area contributed by atoms with E-state index in [1.807, 2.05) is 4.90 Å². The van der Waals surface area contributed by atoms with Gasteiger partial charge in [-0.15, -0.1) is 0 Å². The van der Waals surface area contributed by atoms with Crippen LogP contribution in [0.1, 0.15) is 25.8 Å². The molecule has 1 N–H and O–H groups in total. The van der Waals surface area contributed by atoms with Gasteiger partial charge in [-0.3, -0.25) is 9.69 Å². The van der Waals surface area contributed by atoms with Gasteiger partial charge in [0.15, 0.2) is 0 Å². The molecule has 1 aromatic heterocycles. The number of piperidine rings is 1. The number of rotatable bonds is 6. The lowest BCUT2D eigenvalue weighted by molar-refractivity contribution is 0.150. The standard InChI is InChI=1S/C18H23ClF2N4O/c1-5-14(21)16(11(2)20)12(3)24-8-6-13(7-9-24)25-18(26)17(19)15(22-4)10-23-25/h5,10,12-13,22H,1-2,6-9H2,3-4H3/b16-14-. The molecule has 1 aromatic rings. The predicted octanol–water partition coefficient (Wildman–Crippen LogP) is 3.86. The zero-order valence-electron chi connectivity index (χ0n) is 14.9. The Kier molecular flexibility index (Phi) is 6.72. The van der Waals surface area contributed by atoms with Crippen LogP contribution in [-0.2, 0) is 0 Å². The minimum atomic E-state index is -0.802. The van der Waals surface area contributed by atoms with E-state index in [0.29, 0.717) is 31.6 Å². The summed E-state index contributed by atoms with van der Waals surface area (Å²) in [6.07, 6.45) is 3.74. The molecule has 2 rings (SSSR count). The van der Waals surface area contributed by atoms with Crippen molar-refractivity contribution in [3.8, 4) is 0 Å². The number of nitrogens with zero attached hydrogens (tertiary/aromatic N) is 3. The summed E-state index contributed by atoms with van der Waals surface area (Å²) in [5.41, 5.74) is 0.0470. The van der Waals surface area contributed by atoms with Crippen molar-refractivity contribution >= 4 is 17.3 Å². The first-order valence-electron chi connectivity index (χ1n) is 8.37. The van der Waals surface area contributed by atoms with Crippen LogP contribution in [0, 0.1) is 0 Å². The molecule has 1 aliphatic rings. The molecular formula is C18H23ClF2N4O. The first kappa shape index (κ1) is 20.3. The topological polar surface area (TPSA) is 50.2 Å². The van der Waals surface area contributed by atoms with Crippen LogP contribution >= 0.6 is 11.6 Å². The van der Waals surface area contributed by atoms with E-state index in [4.69, 9.17) is 11.6 Å². The number of allylic oxidation sites excluding steroid dienone is 2. The third-order valence-electron chi connectivity index (χ3n) is 4.75. The van der Waals surface area contributed by atoms with Gasteiger partial charge in [0.05, 0.1) is 17.9 Å². The van der Waals surface area contributed by atoms with Crippen molar-refractivity contribution in [2.24, 2.45) is 0 Å². The van der Waals surface area contributed by atoms with Crippen LogP contribution in [0.2, 0.25) is 5.02 Å². The fourth-order valence-corrected chi connectivity index (χ4v) is 3.48. The maximum Gasteiger partial charge on any atom is 0.287 e. The van der Waals surface area contributed by atoms with Gasteiger partial charge in [-0.05, 0) is 25.8 Å². The average molecular weight is 385 g/mol. The van der Waals surface area contributed by atoms with Crippen molar-refractivity contribution < 1.29 is 8.78 Å². The monoisotopic (exact) mass is 384 g/mol. The normalized spacial score (nSPS) is 18.2. The summed E-state index contributed by atoms with van der Waals surface area (Å²) in [6.45, 7) is 9.43. The number of halogens is 3. The van der Waals surface area contributed by atoms with E-state index >= 15 is 0 Å². The molecule has 1 unspecified atom stereocenters. The molecule has 8 heteroatoms. The Morgan fingerprint density at radius 1 is 1.46 bits per heavy atom. The first-order valence-corrected chi connectivity index (χ1v) is 8.75. The molecule has 0 bridgehead atoms. The number of nitrogens with one attached hydrogen (secondary N) is 1. The zero-order chi connectivity index (χ0) is 19.4. The van der Waals surface area contributed by atoms with Gasteiger partial charge in [0, 0.05) is 31.8 Å². The Morgan fingerprint density at radius 3 is 2.58 bits per heavy atom. The molecule has 0 aromatic carbocycles. The number of hydrogen-bond donors (Lipinski definition) is 1. The lowest BCUT2D eigenvalue weighted by Gasteiger charge is -2.36. The van der Waals surface area contributed by atoms with Gasteiger partial charge in [-0.2, -0.15) is 5.10 Å². The Bertz CT molecular complexity index is 782. The van der Waals surface area contributed by atoms with E-state index < -0.39 is 17.7 Å². The van der Waals surface area contributed by atoms with E-state index in [1.165, 1.54) is 10.9 Å². The highest BCUT2D eigenvalue weighted by Gasteiger charge is 2.29. The van der Waals surface area contributed by atoms with Crippen LogP contribution in [0.4, 0.5) is 14.5 Å². The molecule has 0 saturated carbocycles. The summed E-state index contributed by atoms with van der Waals surface area (Å²) in [7, 11) is 1.67. The molecule has 0 amide bonds. The highest BCUT2D eigenvalue weighted by molar-refractivity contribution is 6.32. The summed E-state index contributed by atoms with van der Waals surface area (Å²) in [5.74, 6) is -1.51. The minimum Gasteiger partial charge on any atom is -0.385 e. The molecular weight excluding hydrogens is 362 g/mol. The number of anilines is 1. The van der Waals surface area contributed by atoms with Crippen molar-refractivity contribution in [1.82, 2.24) is 14.7 Å². The number of aromatic nitrogens is 2. The Balaban J connectivity index is 2.15. The predicted molar refractivity (Wildman–Crippen MR) is 101 cm³/mol.